The van der Waals surface area contributed by atoms with Crippen molar-refractivity contribution in [1.29, 1.82) is 0 Å². The van der Waals surface area contributed by atoms with Crippen molar-refractivity contribution in [3.8, 4) is 5.75 Å². The first-order valence-electron chi connectivity index (χ1n) is 7.57. The average Bonchev–Trinajstić information content (AvgIpc) is 2.54. The number of rotatable bonds is 6. The van der Waals surface area contributed by atoms with Crippen molar-refractivity contribution in [2.75, 3.05) is 18.5 Å². The first-order chi connectivity index (χ1) is 11.5. The molecular weight excluding hydrogens is 372 g/mol. The number of aryl methyl sites for hydroxylation is 1. The number of amides is 2. The third-order valence-corrected chi connectivity index (χ3v) is 3.77. The van der Waals surface area contributed by atoms with Gasteiger partial charge >= 0.3 is 0 Å². The molecule has 6 heteroatoms. The van der Waals surface area contributed by atoms with E-state index >= 15 is 0 Å². The highest BCUT2D eigenvalue weighted by Crippen LogP contribution is 2.22. The lowest BCUT2D eigenvalue weighted by molar-refractivity contribution is -0.118. The molecule has 0 fully saturated rings. The van der Waals surface area contributed by atoms with E-state index in [1.807, 2.05) is 26.0 Å². The van der Waals surface area contributed by atoms with E-state index in [1.54, 1.807) is 30.3 Å². The summed E-state index contributed by atoms with van der Waals surface area (Å²) in [5.74, 6) is 0.0949. The minimum absolute atomic E-state index is 0.133. The molecule has 0 aliphatic rings. The maximum Gasteiger partial charge on any atom is 0.262 e. The highest BCUT2D eigenvalue weighted by atomic mass is 79.9. The summed E-state index contributed by atoms with van der Waals surface area (Å²) in [5.41, 5.74) is 1.82. The molecule has 0 saturated heterocycles. The smallest absolute Gasteiger partial charge is 0.262 e. The molecule has 0 aliphatic carbocycles. The summed E-state index contributed by atoms with van der Waals surface area (Å²) in [5, 5.41) is 5.44. The van der Waals surface area contributed by atoms with Crippen LogP contribution in [0.5, 0.6) is 5.75 Å². The predicted molar refractivity (Wildman–Crippen MR) is 97.5 cm³/mol. The van der Waals surface area contributed by atoms with Gasteiger partial charge in [-0.1, -0.05) is 28.1 Å². The standard InChI is InChI=1S/C18H19BrN2O3/c1-3-20-18(23)14-6-4-5-7-15(14)21-17(22)11-24-16-9-8-13(19)10-12(16)2/h4-10H,3,11H2,1-2H3,(H,20,23)(H,21,22). The average molecular weight is 391 g/mol. The SMILES string of the molecule is CCNC(=O)c1ccccc1NC(=O)COc1ccc(Br)cc1C. The Balaban J connectivity index is 2.01. The Kier molecular flexibility index (Phi) is 6.37. The fourth-order valence-electron chi connectivity index (χ4n) is 2.15. The summed E-state index contributed by atoms with van der Waals surface area (Å²) in [6.07, 6.45) is 0. The molecule has 126 valence electrons. The highest BCUT2D eigenvalue weighted by molar-refractivity contribution is 9.10. The molecule has 0 bridgehead atoms. The molecule has 2 aromatic carbocycles. The van der Waals surface area contributed by atoms with E-state index in [0.29, 0.717) is 23.5 Å². The van der Waals surface area contributed by atoms with E-state index in [0.717, 1.165) is 10.0 Å². The van der Waals surface area contributed by atoms with Crippen LogP contribution in [-0.2, 0) is 4.79 Å². The van der Waals surface area contributed by atoms with E-state index in [1.165, 1.54) is 0 Å². The Hall–Kier alpha value is -2.34. The van der Waals surface area contributed by atoms with Gasteiger partial charge in [-0.15, -0.1) is 0 Å². The van der Waals surface area contributed by atoms with Gasteiger partial charge in [0.25, 0.3) is 11.8 Å². The fourth-order valence-corrected chi connectivity index (χ4v) is 2.63. The normalized spacial score (nSPS) is 10.1. The Morgan fingerprint density at radius 2 is 1.92 bits per heavy atom. The van der Waals surface area contributed by atoms with Gasteiger partial charge in [-0.3, -0.25) is 9.59 Å². The third kappa shape index (κ3) is 4.83. The molecule has 0 aliphatic heterocycles. The van der Waals surface area contributed by atoms with Gasteiger partial charge in [0.1, 0.15) is 5.75 Å². The van der Waals surface area contributed by atoms with Crippen molar-refractivity contribution in [3.05, 3.63) is 58.1 Å². The zero-order valence-electron chi connectivity index (χ0n) is 13.6. The number of carbonyl (C=O) groups is 2. The van der Waals surface area contributed by atoms with Gasteiger partial charge < -0.3 is 15.4 Å². The molecule has 0 unspecified atom stereocenters. The van der Waals surface area contributed by atoms with Gasteiger partial charge in [0.15, 0.2) is 6.61 Å². The second-order valence-corrected chi connectivity index (χ2v) is 6.07. The number of benzene rings is 2. The minimum Gasteiger partial charge on any atom is -0.483 e. The summed E-state index contributed by atoms with van der Waals surface area (Å²) >= 11 is 3.38. The van der Waals surface area contributed by atoms with Crippen LogP contribution in [0.25, 0.3) is 0 Å². The first kappa shape index (κ1) is 18.0. The molecule has 5 nitrogen and oxygen atoms in total. The lowest BCUT2D eigenvalue weighted by Crippen LogP contribution is -2.26. The topological polar surface area (TPSA) is 67.4 Å². The maximum absolute atomic E-state index is 12.1. The molecule has 0 radical (unpaired) electrons. The van der Waals surface area contributed by atoms with Gasteiger partial charge in [-0.25, -0.2) is 0 Å². The number of nitrogens with one attached hydrogen (secondary N) is 2. The third-order valence-electron chi connectivity index (χ3n) is 3.28. The van der Waals surface area contributed by atoms with Gasteiger partial charge in [-0.05, 0) is 49.7 Å². The first-order valence-corrected chi connectivity index (χ1v) is 8.36. The molecule has 2 rings (SSSR count). The van der Waals surface area contributed by atoms with Crippen molar-refractivity contribution in [2.45, 2.75) is 13.8 Å². The number of hydrogen-bond donors (Lipinski definition) is 2. The Bertz CT molecular complexity index is 747. The number of anilines is 1. The Morgan fingerprint density at radius 3 is 2.62 bits per heavy atom. The van der Waals surface area contributed by atoms with E-state index in [4.69, 9.17) is 4.74 Å². The number of halogens is 1. The van der Waals surface area contributed by atoms with E-state index < -0.39 is 0 Å². The second-order valence-electron chi connectivity index (χ2n) is 5.15. The molecule has 0 atom stereocenters. The number of ether oxygens (including phenoxy) is 1. The van der Waals surface area contributed by atoms with Crippen molar-refractivity contribution >= 4 is 33.4 Å². The van der Waals surface area contributed by atoms with Gasteiger partial charge in [0, 0.05) is 11.0 Å². The molecule has 2 N–H and O–H groups in total. The summed E-state index contributed by atoms with van der Waals surface area (Å²) in [6, 6.07) is 12.4. The van der Waals surface area contributed by atoms with Crippen molar-refractivity contribution < 1.29 is 14.3 Å². The Morgan fingerprint density at radius 1 is 1.17 bits per heavy atom. The van der Waals surface area contributed by atoms with Gasteiger partial charge in [0.2, 0.25) is 0 Å². The lowest BCUT2D eigenvalue weighted by Gasteiger charge is -2.12. The summed E-state index contributed by atoms with van der Waals surface area (Å²) in [6.45, 7) is 4.13. The molecule has 2 aromatic rings. The maximum atomic E-state index is 12.1. The summed E-state index contributed by atoms with van der Waals surface area (Å²) < 4.78 is 6.49. The largest absolute Gasteiger partial charge is 0.483 e. The van der Waals surface area contributed by atoms with Crippen LogP contribution in [-0.4, -0.2) is 25.0 Å². The van der Waals surface area contributed by atoms with Crippen LogP contribution in [0, 0.1) is 6.92 Å². The van der Waals surface area contributed by atoms with Crippen molar-refractivity contribution in [2.24, 2.45) is 0 Å². The zero-order valence-corrected chi connectivity index (χ0v) is 15.1. The lowest BCUT2D eigenvalue weighted by atomic mass is 10.1. The molecular formula is C18H19BrN2O3. The molecule has 24 heavy (non-hydrogen) atoms. The zero-order chi connectivity index (χ0) is 17.5. The van der Waals surface area contributed by atoms with Crippen LogP contribution >= 0.6 is 15.9 Å². The van der Waals surface area contributed by atoms with Gasteiger partial charge in [-0.2, -0.15) is 0 Å². The molecule has 0 spiro atoms. The quantitative estimate of drug-likeness (QED) is 0.792. The van der Waals surface area contributed by atoms with Crippen molar-refractivity contribution in [1.82, 2.24) is 5.32 Å². The van der Waals surface area contributed by atoms with Crippen LogP contribution in [0.4, 0.5) is 5.69 Å². The van der Waals surface area contributed by atoms with Crippen LogP contribution < -0.4 is 15.4 Å². The van der Waals surface area contributed by atoms with Crippen LogP contribution in [0.3, 0.4) is 0 Å². The molecule has 0 heterocycles. The van der Waals surface area contributed by atoms with Crippen molar-refractivity contribution in [3.63, 3.8) is 0 Å². The Labute approximate surface area is 149 Å². The van der Waals surface area contributed by atoms with Crippen LogP contribution in [0.1, 0.15) is 22.8 Å². The second kappa shape index (κ2) is 8.49. The number of hydrogen-bond acceptors (Lipinski definition) is 3. The molecule has 2 amide bonds. The summed E-state index contributed by atoms with van der Waals surface area (Å²) in [7, 11) is 0. The number of carbonyl (C=O) groups excluding carboxylic acids is 2. The van der Waals surface area contributed by atoms with Gasteiger partial charge in [0.05, 0.1) is 11.3 Å². The van der Waals surface area contributed by atoms with E-state index in [9.17, 15) is 9.59 Å². The minimum atomic E-state index is -0.325. The number of para-hydroxylation sites is 1. The predicted octanol–water partition coefficient (Wildman–Crippen LogP) is 3.52. The molecule has 0 aromatic heterocycles. The van der Waals surface area contributed by atoms with Crippen LogP contribution in [0.15, 0.2) is 46.9 Å². The van der Waals surface area contributed by atoms with Crippen LogP contribution in [0.2, 0.25) is 0 Å². The highest BCUT2D eigenvalue weighted by Gasteiger charge is 2.13. The van der Waals surface area contributed by atoms with E-state index in [2.05, 4.69) is 26.6 Å². The fraction of sp³-hybridized carbons (Fsp3) is 0.222. The monoisotopic (exact) mass is 390 g/mol. The summed E-state index contributed by atoms with van der Waals surface area (Å²) in [4.78, 5) is 24.1. The van der Waals surface area contributed by atoms with E-state index in [-0.39, 0.29) is 18.4 Å². The molecule has 0 saturated carbocycles.